The van der Waals surface area contributed by atoms with Gasteiger partial charge in [-0.05, 0) is 30.9 Å². The first-order valence-electron chi connectivity index (χ1n) is 9.19. The molecule has 2 atom stereocenters. The number of carbonyl (C=O) groups excluding carboxylic acids is 1. The van der Waals surface area contributed by atoms with Gasteiger partial charge in [-0.1, -0.05) is 30.7 Å². The fraction of sp³-hybridized carbons (Fsp3) is 0.450. The molecule has 2 aliphatic rings. The minimum Gasteiger partial charge on any atom is -0.481 e. The summed E-state index contributed by atoms with van der Waals surface area (Å²) in [5.41, 5.74) is 1.16. The number of pyridine rings is 1. The van der Waals surface area contributed by atoms with Crippen molar-refractivity contribution in [1.82, 2.24) is 15.2 Å². The average molecular weight is 353 g/mol. The molecule has 6 heteroatoms. The molecule has 0 spiro atoms. The number of rotatable bonds is 4. The molecular formula is C20H23N3O3. The second-order valence-electron chi connectivity index (χ2n) is 7.41. The smallest absolute Gasteiger partial charge is 0.317 e. The number of carbonyl (C=O) groups is 2. The summed E-state index contributed by atoms with van der Waals surface area (Å²) in [5.74, 6) is -0.663. The predicted octanol–water partition coefficient (Wildman–Crippen LogP) is 2.67. The van der Waals surface area contributed by atoms with Gasteiger partial charge in [0.2, 0.25) is 0 Å². The Kier molecular flexibility index (Phi) is 4.26. The first-order valence-corrected chi connectivity index (χ1v) is 9.19. The Morgan fingerprint density at radius 1 is 1.27 bits per heavy atom. The van der Waals surface area contributed by atoms with E-state index in [1.54, 1.807) is 4.90 Å². The van der Waals surface area contributed by atoms with E-state index in [0.717, 1.165) is 29.4 Å². The highest BCUT2D eigenvalue weighted by Gasteiger charge is 2.55. The number of fused-ring (bicyclic) bond motifs is 2. The van der Waals surface area contributed by atoms with E-state index in [4.69, 9.17) is 0 Å². The third-order valence-electron chi connectivity index (χ3n) is 5.90. The SMILES string of the molecule is O=C(NCCc1ccc2ccccc2n1)N1C[C@@H]2CCC[C@@]2(C(=O)O)C1. The lowest BCUT2D eigenvalue weighted by atomic mass is 9.81. The molecule has 1 aliphatic carbocycles. The Morgan fingerprint density at radius 2 is 2.12 bits per heavy atom. The number of urea groups is 1. The van der Waals surface area contributed by atoms with Gasteiger partial charge in [0.1, 0.15) is 0 Å². The van der Waals surface area contributed by atoms with Gasteiger partial charge < -0.3 is 15.3 Å². The monoisotopic (exact) mass is 353 g/mol. The van der Waals surface area contributed by atoms with Crippen LogP contribution in [-0.4, -0.2) is 46.6 Å². The van der Waals surface area contributed by atoms with Crippen molar-refractivity contribution in [2.45, 2.75) is 25.7 Å². The summed E-state index contributed by atoms with van der Waals surface area (Å²) in [5, 5.41) is 13.6. The maximum absolute atomic E-state index is 12.4. The van der Waals surface area contributed by atoms with Crippen molar-refractivity contribution < 1.29 is 14.7 Å². The van der Waals surface area contributed by atoms with Crippen LogP contribution in [0.1, 0.15) is 25.0 Å². The van der Waals surface area contributed by atoms with E-state index in [2.05, 4.69) is 10.3 Å². The molecule has 0 radical (unpaired) electrons. The van der Waals surface area contributed by atoms with Crippen LogP contribution in [0.4, 0.5) is 4.79 Å². The Labute approximate surface area is 152 Å². The molecule has 4 rings (SSSR count). The molecule has 1 aliphatic heterocycles. The summed E-state index contributed by atoms with van der Waals surface area (Å²) in [7, 11) is 0. The number of para-hydroxylation sites is 1. The molecule has 136 valence electrons. The van der Waals surface area contributed by atoms with Crippen LogP contribution < -0.4 is 5.32 Å². The fourth-order valence-corrected chi connectivity index (χ4v) is 4.45. The summed E-state index contributed by atoms with van der Waals surface area (Å²) in [4.78, 5) is 30.4. The van der Waals surface area contributed by atoms with Crippen LogP contribution in [0.25, 0.3) is 10.9 Å². The van der Waals surface area contributed by atoms with Gasteiger partial charge in [-0.2, -0.15) is 0 Å². The molecule has 6 nitrogen and oxygen atoms in total. The predicted molar refractivity (Wildman–Crippen MR) is 97.8 cm³/mol. The van der Waals surface area contributed by atoms with Gasteiger partial charge in [0.25, 0.3) is 0 Å². The van der Waals surface area contributed by atoms with Crippen LogP contribution >= 0.6 is 0 Å². The number of hydrogen-bond donors (Lipinski definition) is 2. The number of carboxylic acids is 1. The molecule has 26 heavy (non-hydrogen) atoms. The van der Waals surface area contributed by atoms with Crippen LogP contribution in [0, 0.1) is 11.3 Å². The number of aliphatic carboxylic acids is 1. The highest BCUT2D eigenvalue weighted by Crippen LogP contribution is 2.48. The highest BCUT2D eigenvalue weighted by molar-refractivity contribution is 5.81. The van der Waals surface area contributed by atoms with Crippen LogP contribution in [0.5, 0.6) is 0 Å². The lowest BCUT2D eigenvalue weighted by Gasteiger charge is -2.23. The molecule has 1 saturated carbocycles. The summed E-state index contributed by atoms with van der Waals surface area (Å²) in [6.45, 7) is 1.37. The third-order valence-corrected chi connectivity index (χ3v) is 5.90. The lowest BCUT2D eigenvalue weighted by Crippen LogP contribution is -2.42. The summed E-state index contributed by atoms with van der Waals surface area (Å²) in [6, 6.07) is 11.8. The van der Waals surface area contributed by atoms with E-state index in [1.165, 1.54) is 0 Å². The van der Waals surface area contributed by atoms with E-state index in [9.17, 15) is 14.7 Å². The number of aromatic nitrogens is 1. The standard InChI is InChI=1S/C20H23N3O3/c24-18(25)20-10-3-5-15(20)12-23(13-20)19(26)21-11-9-16-8-7-14-4-1-2-6-17(14)22-16/h1-2,4,6-8,15H,3,5,9-13H2,(H,21,26)(H,24,25)/t15-,20+/m0/s1. The number of hydrogen-bond acceptors (Lipinski definition) is 3. The highest BCUT2D eigenvalue weighted by atomic mass is 16.4. The van der Waals surface area contributed by atoms with Crippen molar-refractivity contribution >= 4 is 22.9 Å². The molecule has 2 N–H and O–H groups in total. The molecule has 1 saturated heterocycles. The van der Waals surface area contributed by atoms with E-state index in [1.807, 2.05) is 36.4 Å². The molecule has 1 aromatic carbocycles. The quantitative estimate of drug-likeness (QED) is 0.885. The Morgan fingerprint density at radius 3 is 2.92 bits per heavy atom. The fourth-order valence-electron chi connectivity index (χ4n) is 4.45. The van der Waals surface area contributed by atoms with Gasteiger partial charge in [-0.3, -0.25) is 9.78 Å². The minimum atomic E-state index is -0.754. The first-order chi connectivity index (χ1) is 12.6. The largest absolute Gasteiger partial charge is 0.481 e. The number of amides is 2. The molecule has 1 aromatic heterocycles. The molecule has 2 aromatic rings. The molecule has 0 unspecified atom stereocenters. The normalized spacial score (nSPS) is 24.6. The average Bonchev–Trinajstić information content (AvgIpc) is 3.20. The molecule has 2 heterocycles. The molecule has 2 amide bonds. The van der Waals surface area contributed by atoms with Crippen molar-refractivity contribution in [3.05, 3.63) is 42.1 Å². The summed E-state index contributed by atoms with van der Waals surface area (Å²) >= 11 is 0. The van der Waals surface area contributed by atoms with Gasteiger partial charge in [-0.25, -0.2) is 4.79 Å². The van der Waals surface area contributed by atoms with Crippen molar-refractivity contribution in [1.29, 1.82) is 0 Å². The number of nitrogens with one attached hydrogen (secondary N) is 1. The maximum Gasteiger partial charge on any atom is 0.317 e. The van der Waals surface area contributed by atoms with Gasteiger partial charge in [0.05, 0.1) is 10.9 Å². The number of nitrogens with zero attached hydrogens (tertiary/aromatic N) is 2. The molecule has 0 bridgehead atoms. The third kappa shape index (κ3) is 2.89. The van der Waals surface area contributed by atoms with Crippen molar-refractivity contribution in [2.24, 2.45) is 11.3 Å². The summed E-state index contributed by atoms with van der Waals surface area (Å²) < 4.78 is 0. The summed E-state index contributed by atoms with van der Waals surface area (Å²) in [6.07, 6.45) is 3.17. The zero-order valence-corrected chi connectivity index (χ0v) is 14.6. The number of likely N-dealkylation sites (tertiary alicyclic amines) is 1. The number of carboxylic acid groups (broad SMARTS) is 1. The van der Waals surface area contributed by atoms with Gasteiger partial charge >= 0.3 is 12.0 Å². The van der Waals surface area contributed by atoms with Crippen LogP contribution in [0.2, 0.25) is 0 Å². The lowest BCUT2D eigenvalue weighted by molar-refractivity contribution is -0.149. The van der Waals surface area contributed by atoms with Crippen LogP contribution in [0.15, 0.2) is 36.4 Å². The van der Waals surface area contributed by atoms with E-state index >= 15 is 0 Å². The van der Waals surface area contributed by atoms with Gasteiger partial charge in [0.15, 0.2) is 0 Å². The van der Waals surface area contributed by atoms with Crippen LogP contribution in [0.3, 0.4) is 0 Å². The molecular weight excluding hydrogens is 330 g/mol. The van der Waals surface area contributed by atoms with Crippen molar-refractivity contribution in [3.63, 3.8) is 0 Å². The first kappa shape index (κ1) is 16.8. The van der Waals surface area contributed by atoms with Gasteiger partial charge in [0, 0.05) is 37.1 Å². The second kappa shape index (κ2) is 6.59. The molecule has 2 fully saturated rings. The zero-order valence-electron chi connectivity index (χ0n) is 14.6. The van der Waals surface area contributed by atoms with E-state index in [-0.39, 0.29) is 11.9 Å². The Balaban J connectivity index is 1.33. The van der Waals surface area contributed by atoms with Crippen molar-refractivity contribution in [2.75, 3.05) is 19.6 Å². The topological polar surface area (TPSA) is 82.5 Å². The number of benzene rings is 1. The van der Waals surface area contributed by atoms with Crippen LogP contribution in [-0.2, 0) is 11.2 Å². The van der Waals surface area contributed by atoms with Gasteiger partial charge in [-0.15, -0.1) is 0 Å². The van der Waals surface area contributed by atoms with E-state index < -0.39 is 11.4 Å². The van der Waals surface area contributed by atoms with E-state index in [0.29, 0.717) is 32.5 Å². The zero-order chi connectivity index (χ0) is 18.1. The Hall–Kier alpha value is -2.63. The Bertz CT molecular complexity index is 853. The minimum absolute atomic E-state index is 0.0907. The van der Waals surface area contributed by atoms with Crippen molar-refractivity contribution in [3.8, 4) is 0 Å². The second-order valence-corrected chi connectivity index (χ2v) is 7.41. The maximum atomic E-state index is 12.4.